The minimum atomic E-state index is -1.52. The Hall–Kier alpha value is -1.83. The Bertz CT molecular complexity index is 281. The summed E-state index contributed by atoms with van der Waals surface area (Å²) in [5, 5.41) is 21.7. The number of nitrogens with one attached hydrogen (secondary N) is 2. The molecule has 0 aromatic carbocycles. The van der Waals surface area contributed by atoms with Gasteiger partial charge in [0.2, 0.25) is 5.91 Å². The normalized spacial score (nSPS) is 13.6. The molecular weight excluding hydrogens is 218 g/mol. The molecule has 8 heteroatoms. The van der Waals surface area contributed by atoms with Crippen LogP contribution in [0.25, 0.3) is 0 Å². The number of aliphatic hydroxyl groups is 1. The van der Waals surface area contributed by atoms with Crippen molar-refractivity contribution in [3.8, 4) is 0 Å². The lowest BCUT2D eigenvalue weighted by molar-refractivity contribution is -0.146. The fourth-order valence-corrected chi connectivity index (χ4v) is 0.765. The maximum Gasteiger partial charge on any atom is 0.332 e. The van der Waals surface area contributed by atoms with E-state index in [0.717, 1.165) is 0 Å². The molecule has 8 nitrogen and oxygen atoms in total. The van der Waals surface area contributed by atoms with Crippen LogP contribution < -0.4 is 16.4 Å². The van der Waals surface area contributed by atoms with Gasteiger partial charge in [-0.3, -0.25) is 4.79 Å². The predicted molar refractivity (Wildman–Crippen MR) is 53.5 cm³/mol. The minimum Gasteiger partial charge on any atom is -0.479 e. The lowest BCUT2D eigenvalue weighted by atomic mass is 10.2. The van der Waals surface area contributed by atoms with Crippen LogP contribution in [0.3, 0.4) is 0 Å². The molecule has 0 rings (SSSR count). The van der Waals surface area contributed by atoms with Crippen molar-refractivity contribution in [3.05, 3.63) is 0 Å². The quantitative estimate of drug-likeness (QED) is 0.360. The molecule has 6 N–H and O–H groups in total. The van der Waals surface area contributed by atoms with Gasteiger partial charge >= 0.3 is 12.0 Å². The number of urea groups is 1. The first-order valence-corrected chi connectivity index (χ1v) is 4.59. The number of rotatable bonds is 6. The van der Waals surface area contributed by atoms with Gasteiger partial charge in [0.05, 0.1) is 0 Å². The summed E-state index contributed by atoms with van der Waals surface area (Å²) in [7, 11) is 0. The van der Waals surface area contributed by atoms with E-state index in [2.05, 4.69) is 10.6 Å². The third-order valence-corrected chi connectivity index (χ3v) is 1.76. The Morgan fingerprint density at radius 2 is 1.94 bits per heavy atom. The summed E-state index contributed by atoms with van der Waals surface area (Å²) in [6, 6.07) is -1.46. The van der Waals surface area contributed by atoms with Gasteiger partial charge in [-0.15, -0.1) is 0 Å². The van der Waals surface area contributed by atoms with Gasteiger partial charge < -0.3 is 26.6 Å². The van der Waals surface area contributed by atoms with Crippen LogP contribution in [0.15, 0.2) is 0 Å². The molecule has 0 fully saturated rings. The van der Waals surface area contributed by atoms with E-state index in [4.69, 9.17) is 15.9 Å². The van der Waals surface area contributed by atoms with Gasteiger partial charge in [-0.2, -0.15) is 0 Å². The number of nitrogens with two attached hydrogens (primary N) is 1. The smallest absolute Gasteiger partial charge is 0.332 e. The molecule has 0 spiro atoms. The maximum absolute atomic E-state index is 11.1. The van der Waals surface area contributed by atoms with Gasteiger partial charge in [0.15, 0.2) is 6.10 Å². The van der Waals surface area contributed by atoms with Crippen molar-refractivity contribution in [2.24, 2.45) is 5.73 Å². The molecular formula is C8H15N3O5. The fourth-order valence-electron chi connectivity index (χ4n) is 0.765. The summed E-state index contributed by atoms with van der Waals surface area (Å²) in [6.45, 7) is 1.39. The summed E-state index contributed by atoms with van der Waals surface area (Å²) in [6.07, 6.45) is -1.64. The minimum absolute atomic E-state index is 0.0230. The molecule has 0 aliphatic carbocycles. The highest BCUT2D eigenvalue weighted by molar-refractivity contribution is 5.85. The Balaban J connectivity index is 3.74. The summed E-state index contributed by atoms with van der Waals surface area (Å²) in [5.74, 6) is -2.03. The van der Waals surface area contributed by atoms with Gasteiger partial charge in [-0.1, -0.05) is 0 Å². The first-order valence-electron chi connectivity index (χ1n) is 4.59. The number of amides is 3. The van der Waals surface area contributed by atoms with Crippen LogP contribution >= 0.6 is 0 Å². The number of aliphatic hydroxyl groups excluding tert-OH is 1. The average molecular weight is 233 g/mol. The van der Waals surface area contributed by atoms with Gasteiger partial charge in [0, 0.05) is 13.0 Å². The molecule has 3 amide bonds. The SMILES string of the molecule is CC(NC(=O)NCC[C@H](O)C(=O)O)C(N)=O. The summed E-state index contributed by atoms with van der Waals surface area (Å²) in [4.78, 5) is 31.8. The zero-order valence-corrected chi connectivity index (χ0v) is 8.77. The number of carbonyl (C=O) groups is 3. The molecule has 0 radical (unpaired) electrons. The van der Waals surface area contributed by atoms with Crippen LogP contribution in [-0.2, 0) is 9.59 Å². The second-order valence-corrected chi connectivity index (χ2v) is 3.17. The first kappa shape index (κ1) is 14.2. The molecule has 16 heavy (non-hydrogen) atoms. The molecule has 0 aromatic heterocycles. The van der Waals surface area contributed by atoms with Crippen LogP contribution in [-0.4, -0.2) is 46.8 Å². The monoisotopic (exact) mass is 233 g/mol. The Labute approximate surface area is 91.8 Å². The lowest BCUT2D eigenvalue weighted by Gasteiger charge is -2.11. The van der Waals surface area contributed by atoms with Crippen molar-refractivity contribution in [1.82, 2.24) is 10.6 Å². The van der Waals surface area contributed by atoms with Crippen molar-refractivity contribution in [2.75, 3.05) is 6.54 Å². The summed E-state index contributed by atoms with van der Waals surface area (Å²) >= 11 is 0. The highest BCUT2D eigenvalue weighted by atomic mass is 16.4. The zero-order valence-electron chi connectivity index (χ0n) is 8.77. The topological polar surface area (TPSA) is 142 Å². The molecule has 0 aromatic rings. The largest absolute Gasteiger partial charge is 0.479 e. The number of hydrogen-bond acceptors (Lipinski definition) is 4. The van der Waals surface area contributed by atoms with Gasteiger partial charge in [0.1, 0.15) is 6.04 Å². The Morgan fingerprint density at radius 1 is 1.38 bits per heavy atom. The molecule has 1 unspecified atom stereocenters. The number of carbonyl (C=O) groups excluding carboxylic acids is 2. The van der Waals surface area contributed by atoms with Crippen molar-refractivity contribution in [3.63, 3.8) is 0 Å². The van der Waals surface area contributed by atoms with Crippen molar-refractivity contribution in [1.29, 1.82) is 0 Å². The Kier molecular flexibility index (Phi) is 5.86. The lowest BCUT2D eigenvalue weighted by Crippen LogP contribution is -2.47. The molecule has 0 aliphatic heterocycles. The van der Waals surface area contributed by atoms with Crippen LogP contribution in [0.5, 0.6) is 0 Å². The second-order valence-electron chi connectivity index (χ2n) is 3.17. The van der Waals surface area contributed by atoms with E-state index in [1.54, 1.807) is 0 Å². The first-order chi connectivity index (χ1) is 7.34. The number of aliphatic carboxylic acids is 1. The van der Waals surface area contributed by atoms with E-state index >= 15 is 0 Å². The zero-order chi connectivity index (χ0) is 12.7. The van der Waals surface area contributed by atoms with Crippen molar-refractivity contribution >= 4 is 17.9 Å². The molecule has 0 aliphatic rings. The van der Waals surface area contributed by atoms with E-state index in [-0.39, 0.29) is 13.0 Å². The summed E-state index contributed by atoms with van der Waals surface area (Å²) < 4.78 is 0. The predicted octanol–water partition coefficient (Wildman–Crippen LogP) is -2.00. The van der Waals surface area contributed by atoms with Crippen LogP contribution in [0.4, 0.5) is 4.79 Å². The van der Waals surface area contributed by atoms with E-state index in [0.29, 0.717) is 0 Å². The van der Waals surface area contributed by atoms with Crippen LogP contribution in [0.1, 0.15) is 13.3 Å². The van der Waals surface area contributed by atoms with E-state index in [9.17, 15) is 14.4 Å². The number of primary amides is 1. The molecule has 0 bridgehead atoms. The third-order valence-electron chi connectivity index (χ3n) is 1.76. The molecule has 92 valence electrons. The molecule has 2 atom stereocenters. The van der Waals surface area contributed by atoms with Crippen LogP contribution in [0.2, 0.25) is 0 Å². The standard InChI is InChI=1S/C8H15N3O5/c1-4(6(9)13)11-8(16)10-3-2-5(12)7(14)15/h4-5,12H,2-3H2,1H3,(H2,9,13)(H,14,15)(H2,10,11,16)/t4?,5-/m0/s1. The van der Waals surface area contributed by atoms with E-state index in [1.165, 1.54) is 6.92 Å². The highest BCUT2D eigenvalue weighted by Gasteiger charge is 2.14. The number of carboxylic acids is 1. The third kappa shape index (κ3) is 5.81. The second kappa shape index (κ2) is 6.62. The van der Waals surface area contributed by atoms with Gasteiger partial charge in [-0.25, -0.2) is 9.59 Å². The van der Waals surface area contributed by atoms with Crippen molar-refractivity contribution < 1.29 is 24.6 Å². The fraction of sp³-hybridized carbons (Fsp3) is 0.625. The molecule has 0 saturated carbocycles. The Morgan fingerprint density at radius 3 is 2.38 bits per heavy atom. The van der Waals surface area contributed by atoms with Gasteiger partial charge in [0.25, 0.3) is 0 Å². The molecule has 0 saturated heterocycles. The summed E-state index contributed by atoms with van der Waals surface area (Å²) in [5.41, 5.74) is 4.90. The number of carboxylic acid groups (broad SMARTS) is 1. The van der Waals surface area contributed by atoms with E-state index < -0.39 is 30.1 Å². The highest BCUT2D eigenvalue weighted by Crippen LogP contribution is 1.89. The van der Waals surface area contributed by atoms with Crippen LogP contribution in [0, 0.1) is 0 Å². The molecule has 0 heterocycles. The average Bonchev–Trinajstić information content (AvgIpc) is 2.16. The maximum atomic E-state index is 11.1. The van der Waals surface area contributed by atoms with Gasteiger partial charge in [-0.05, 0) is 6.92 Å². The number of hydrogen-bond donors (Lipinski definition) is 5. The van der Waals surface area contributed by atoms with E-state index in [1.807, 2.05) is 0 Å². The van der Waals surface area contributed by atoms with Crippen molar-refractivity contribution in [2.45, 2.75) is 25.5 Å².